The number of aryl methyl sites for hydroxylation is 1. The summed E-state index contributed by atoms with van der Waals surface area (Å²) in [5, 5.41) is 0.236. The van der Waals surface area contributed by atoms with Crippen LogP contribution >= 0.6 is 11.6 Å². The van der Waals surface area contributed by atoms with Crippen LogP contribution in [0.5, 0.6) is 0 Å². The molecule has 0 spiro atoms. The van der Waals surface area contributed by atoms with E-state index in [-0.39, 0.29) is 11.6 Å². The molecule has 0 aliphatic rings. The van der Waals surface area contributed by atoms with Gasteiger partial charge in [0, 0.05) is 17.7 Å². The maximum Gasteiger partial charge on any atom is 0.261 e. The second-order valence-corrected chi connectivity index (χ2v) is 4.39. The highest BCUT2D eigenvalue weighted by molar-refractivity contribution is 6.31. The topological polar surface area (TPSA) is 35.2 Å². The zero-order valence-electron chi connectivity index (χ0n) is 9.93. The number of rotatable bonds is 6. The van der Waals surface area contributed by atoms with Gasteiger partial charge in [-0.15, -0.1) is 0 Å². The molecule has 0 aromatic heterocycles. The standard InChI is InChI=1S/C12H15ClF3NO/c1-7-4-8(9(13)5-10(7)14)11(17)2-3-18-6-12(15)16/h4-5,11-12H,2-3,6,17H2,1H3. The Morgan fingerprint density at radius 2 is 2.06 bits per heavy atom. The van der Waals surface area contributed by atoms with E-state index in [9.17, 15) is 13.2 Å². The molecule has 0 heterocycles. The van der Waals surface area contributed by atoms with Gasteiger partial charge in [0.05, 0.1) is 0 Å². The van der Waals surface area contributed by atoms with Gasteiger partial charge in [-0.2, -0.15) is 0 Å². The SMILES string of the molecule is Cc1cc(C(N)CCOCC(F)F)c(Cl)cc1F. The molecule has 1 aromatic carbocycles. The van der Waals surface area contributed by atoms with E-state index < -0.39 is 24.9 Å². The maximum atomic E-state index is 13.2. The van der Waals surface area contributed by atoms with Crippen LogP contribution in [0.3, 0.4) is 0 Å². The lowest BCUT2D eigenvalue weighted by Gasteiger charge is -2.15. The largest absolute Gasteiger partial charge is 0.375 e. The van der Waals surface area contributed by atoms with Crippen molar-refractivity contribution in [2.75, 3.05) is 13.2 Å². The van der Waals surface area contributed by atoms with Crippen LogP contribution in [0.1, 0.15) is 23.6 Å². The molecule has 2 N–H and O–H groups in total. The monoisotopic (exact) mass is 281 g/mol. The van der Waals surface area contributed by atoms with Gasteiger partial charge in [0.2, 0.25) is 0 Å². The Morgan fingerprint density at radius 3 is 2.67 bits per heavy atom. The van der Waals surface area contributed by atoms with Gasteiger partial charge in [-0.1, -0.05) is 17.7 Å². The summed E-state index contributed by atoms with van der Waals surface area (Å²) in [6.45, 7) is 1.11. The fraction of sp³-hybridized carbons (Fsp3) is 0.500. The predicted molar refractivity (Wildman–Crippen MR) is 64.5 cm³/mol. The molecule has 0 bridgehead atoms. The molecule has 0 saturated carbocycles. The van der Waals surface area contributed by atoms with E-state index in [0.29, 0.717) is 17.5 Å². The van der Waals surface area contributed by atoms with Gasteiger partial charge >= 0.3 is 0 Å². The van der Waals surface area contributed by atoms with Crippen LogP contribution in [0.4, 0.5) is 13.2 Å². The van der Waals surface area contributed by atoms with Gasteiger partial charge in [0.15, 0.2) is 0 Å². The highest BCUT2D eigenvalue weighted by atomic mass is 35.5. The van der Waals surface area contributed by atoms with Crippen molar-refractivity contribution < 1.29 is 17.9 Å². The molecule has 1 atom stereocenters. The molecule has 18 heavy (non-hydrogen) atoms. The molecule has 2 nitrogen and oxygen atoms in total. The van der Waals surface area contributed by atoms with Gasteiger partial charge in [-0.3, -0.25) is 0 Å². The van der Waals surface area contributed by atoms with Crippen LogP contribution in [0.25, 0.3) is 0 Å². The van der Waals surface area contributed by atoms with Crippen LogP contribution < -0.4 is 5.73 Å². The Kier molecular flexibility index (Phi) is 5.91. The smallest absolute Gasteiger partial charge is 0.261 e. The van der Waals surface area contributed by atoms with Crippen molar-refractivity contribution in [3.05, 3.63) is 34.1 Å². The summed E-state index contributed by atoms with van der Waals surface area (Å²) in [5.74, 6) is -0.398. The number of alkyl halides is 2. The zero-order valence-corrected chi connectivity index (χ0v) is 10.7. The van der Waals surface area contributed by atoms with Gasteiger partial charge < -0.3 is 10.5 Å². The third-order valence-electron chi connectivity index (χ3n) is 2.49. The lowest BCUT2D eigenvalue weighted by atomic mass is 10.0. The first kappa shape index (κ1) is 15.3. The third-order valence-corrected chi connectivity index (χ3v) is 2.82. The normalized spacial score (nSPS) is 13.1. The molecule has 0 radical (unpaired) electrons. The van der Waals surface area contributed by atoms with Crippen molar-refractivity contribution in [2.45, 2.75) is 25.8 Å². The number of ether oxygens (including phenoxy) is 1. The second-order valence-electron chi connectivity index (χ2n) is 3.98. The predicted octanol–water partition coefficient (Wildman–Crippen LogP) is 3.46. The number of nitrogens with two attached hydrogens (primary N) is 1. The molecule has 6 heteroatoms. The number of halogens is 4. The highest BCUT2D eigenvalue weighted by Crippen LogP contribution is 2.26. The fourth-order valence-corrected chi connectivity index (χ4v) is 1.79. The minimum Gasteiger partial charge on any atom is -0.375 e. The van der Waals surface area contributed by atoms with E-state index in [1.807, 2.05) is 0 Å². The van der Waals surface area contributed by atoms with E-state index in [4.69, 9.17) is 22.1 Å². The zero-order chi connectivity index (χ0) is 13.7. The Morgan fingerprint density at radius 1 is 1.39 bits per heavy atom. The van der Waals surface area contributed by atoms with E-state index in [1.165, 1.54) is 6.07 Å². The summed E-state index contributed by atoms with van der Waals surface area (Å²) in [5.41, 5.74) is 6.89. The van der Waals surface area contributed by atoms with Crippen molar-refractivity contribution >= 4 is 11.6 Å². The molecule has 0 amide bonds. The van der Waals surface area contributed by atoms with Crippen LogP contribution in [0, 0.1) is 12.7 Å². The quantitative estimate of drug-likeness (QED) is 0.811. The molecule has 1 aromatic rings. The minimum atomic E-state index is -2.49. The number of benzene rings is 1. The number of hydrogen-bond donors (Lipinski definition) is 1. The van der Waals surface area contributed by atoms with Crippen molar-refractivity contribution in [1.82, 2.24) is 0 Å². The first-order chi connectivity index (χ1) is 8.41. The summed E-state index contributed by atoms with van der Waals surface area (Å²) in [6.07, 6.45) is -2.14. The Hall–Kier alpha value is -0.780. The number of hydrogen-bond acceptors (Lipinski definition) is 2. The first-order valence-electron chi connectivity index (χ1n) is 5.48. The Balaban J connectivity index is 2.56. The van der Waals surface area contributed by atoms with E-state index >= 15 is 0 Å². The summed E-state index contributed by atoms with van der Waals surface area (Å²) in [6, 6.07) is 2.30. The summed E-state index contributed by atoms with van der Waals surface area (Å²) < 4.78 is 41.6. The van der Waals surface area contributed by atoms with E-state index in [2.05, 4.69) is 0 Å². The average molecular weight is 282 g/mol. The summed E-state index contributed by atoms with van der Waals surface area (Å²) >= 11 is 5.88. The van der Waals surface area contributed by atoms with Crippen LogP contribution in [-0.2, 0) is 4.74 Å². The lowest BCUT2D eigenvalue weighted by Crippen LogP contribution is -2.15. The average Bonchev–Trinajstić information content (AvgIpc) is 2.28. The first-order valence-corrected chi connectivity index (χ1v) is 5.86. The third kappa shape index (κ3) is 4.48. The van der Waals surface area contributed by atoms with Gasteiger partial charge in [0.25, 0.3) is 6.43 Å². The Bertz CT molecular complexity index is 401. The minimum absolute atomic E-state index is 0.109. The second kappa shape index (κ2) is 6.97. The van der Waals surface area contributed by atoms with Crippen molar-refractivity contribution in [2.24, 2.45) is 5.73 Å². The summed E-state index contributed by atoms with van der Waals surface area (Å²) in [7, 11) is 0. The maximum absolute atomic E-state index is 13.2. The van der Waals surface area contributed by atoms with Gasteiger partial charge in [-0.25, -0.2) is 13.2 Å². The van der Waals surface area contributed by atoms with Gasteiger partial charge in [-0.05, 0) is 30.5 Å². The van der Waals surface area contributed by atoms with Crippen molar-refractivity contribution in [3.8, 4) is 0 Å². The molecule has 0 fully saturated rings. The molecule has 1 unspecified atom stereocenters. The fourth-order valence-electron chi connectivity index (χ4n) is 1.50. The van der Waals surface area contributed by atoms with Crippen LogP contribution in [-0.4, -0.2) is 19.6 Å². The Labute approximate surface area is 109 Å². The molecular weight excluding hydrogens is 267 g/mol. The molecule has 102 valence electrons. The van der Waals surface area contributed by atoms with Crippen LogP contribution in [0.15, 0.2) is 12.1 Å². The summed E-state index contributed by atoms with van der Waals surface area (Å²) in [4.78, 5) is 0. The van der Waals surface area contributed by atoms with E-state index in [0.717, 1.165) is 0 Å². The highest BCUT2D eigenvalue weighted by Gasteiger charge is 2.13. The van der Waals surface area contributed by atoms with E-state index in [1.54, 1.807) is 13.0 Å². The molecule has 0 aliphatic heterocycles. The molecular formula is C12H15ClF3NO. The van der Waals surface area contributed by atoms with Crippen molar-refractivity contribution in [3.63, 3.8) is 0 Å². The molecule has 0 aliphatic carbocycles. The molecule has 0 saturated heterocycles. The van der Waals surface area contributed by atoms with Crippen molar-refractivity contribution in [1.29, 1.82) is 0 Å². The lowest BCUT2D eigenvalue weighted by molar-refractivity contribution is 0.0152. The molecule has 1 rings (SSSR count). The van der Waals surface area contributed by atoms with Gasteiger partial charge in [0.1, 0.15) is 12.4 Å². The van der Waals surface area contributed by atoms with Crippen LogP contribution in [0.2, 0.25) is 5.02 Å².